The van der Waals surface area contributed by atoms with Crippen LogP contribution in [0.3, 0.4) is 0 Å². The quantitative estimate of drug-likeness (QED) is 0.458. The van der Waals surface area contributed by atoms with Gasteiger partial charge in [0.25, 0.3) is 0 Å². The molecular formula is C20H40Cl2N4Ni-4. The molecule has 0 saturated carbocycles. The summed E-state index contributed by atoms with van der Waals surface area (Å²) in [4.78, 5) is 0. The smallest absolute Gasteiger partial charge is 1.00 e. The summed E-state index contributed by atoms with van der Waals surface area (Å²) in [7, 11) is 0. The van der Waals surface area contributed by atoms with E-state index in [4.69, 9.17) is 0 Å². The second-order valence-corrected chi connectivity index (χ2v) is 6.93. The van der Waals surface area contributed by atoms with Crippen LogP contribution in [-0.4, -0.2) is 52.4 Å². The van der Waals surface area contributed by atoms with Gasteiger partial charge in [0.05, 0.1) is 0 Å². The van der Waals surface area contributed by atoms with Gasteiger partial charge >= 0.3 is 16.5 Å². The summed E-state index contributed by atoms with van der Waals surface area (Å²) in [6, 6.07) is 0. The van der Waals surface area contributed by atoms with E-state index in [1.807, 2.05) is 0 Å². The molecule has 0 spiro atoms. The first-order chi connectivity index (χ1) is 12.0. The molecular weight excluding hydrogens is 426 g/mol. The van der Waals surface area contributed by atoms with E-state index in [9.17, 15) is 0 Å². The van der Waals surface area contributed by atoms with Crippen molar-refractivity contribution >= 4 is 0 Å². The van der Waals surface area contributed by atoms with Gasteiger partial charge in [-0.3, -0.25) is 0 Å². The molecule has 7 heteroatoms. The van der Waals surface area contributed by atoms with Crippen molar-refractivity contribution in [3.63, 3.8) is 0 Å². The van der Waals surface area contributed by atoms with Crippen LogP contribution in [0.1, 0.15) is 77.0 Å². The van der Waals surface area contributed by atoms with Gasteiger partial charge in [0.2, 0.25) is 0 Å². The van der Waals surface area contributed by atoms with Crippen molar-refractivity contribution in [2.45, 2.75) is 77.0 Å². The van der Waals surface area contributed by atoms with Crippen LogP contribution >= 0.6 is 0 Å². The Morgan fingerprint density at radius 1 is 0.259 bits per heavy atom. The van der Waals surface area contributed by atoms with Gasteiger partial charge in [-0.1, -0.05) is 77.0 Å². The van der Waals surface area contributed by atoms with E-state index in [2.05, 4.69) is 21.3 Å². The minimum absolute atomic E-state index is 0. The van der Waals surface area contributed by atoms with Gasteiger partial charge in [0, 0.05) is 0 Å². The van der Waals surface area contributed by atoms with Crippen molar-refractivity contribution < 1.29 is 41.3 Å². The molecule has 0 atom stereocenters. The molecule has 0 amide bonds. The SMILES string of the molecule is C1CC[N-]CC1.C1CC[N-]CC1.C1CC[N-]CC1.C1CC[N-]CC1.[Cl-].[Cl-].[Ni+2]. The second-order valence-electron chi connectivity index (χ2n) is 6.93. The molecule has 4 nitrogen and oxygen atoms in total. The molecule has 27 heavy (non-hydrogen) atoms. The summed E-state index contributed by atoms with van der Waals surface area (Å²) in [5.74, 6) is 0. The number of halogens is 2. The molecule has 0 aromatic rings. The van der Waals surface area contributed by atoms with E-state index in [-0.39, 0.29) is 41.3 Å². The van der Waals surface area contributed by atoms with Crippen molar-refractivity contribution in [1.82, 2.24) is 0 Å². The third-order valence-corrected chi connectivity index (χ3v) is 4.53. The van der Waals surface area contributed by atoms with Crippen molar-refractivity contribution in [3.8, 4) is 0 Å². The number of nitrogens with zero attached hydrogens (tertiary/aromatic N) is 4. The molecule has 0 aromatic heterocycles. The van der Waals surface area contributed by atoms with Crippen molar-refractivity contribution in [1.29, 1.82) is 0 Å². The maximum atomic E-state index is 4.18. The zero-order valence-corrected chi connectivity index (χ0v) is 19.5. The van der Waals surface area contributed by atoms with E-state index < -0.39 is 0 Å². The molecule has 4 aliphatic rings. The van der Waals surface area contributed by atoms with Crippen molar-refractivity contribution in [2.24, 2.45) is 0 Å². The zero-order valence-electron chi connectivity index (χ0n) is 17.0. The average Bonchev–Trinajstić information content (AvgIpc) is 2.75. The Labute approximate surface area is 191 Å². The van der Waals surface area contributed by atoms with Gasteiger partial charge in [0.15, 0.2) is 0 Å². The van der Waals surface area contributed by atoms with Crippen LogP contribution in [-0.2, 0) is 16.5 Å². The average molecular weight is 466 g/mol. The number of rotatable bonds is 0. The molecule has 0 bridgehead atoms. The normalized spacial score (nSPS) is 21.3. The molecule has 4 fully saturated rings. The molecule has 0 radical (unpaired) electrons. The molecule has 0 aliphatic carbocycles. The number of hydrogen-bond donors (Lipinski definition) is 0. The fraction of sp³-hybridized carbons (Fsp3) is 1.00. The fourth-order valence-corrected chi connectivity index (χ4v) is 2.94. The van der Waals surface area contributed by atoms with Gasteiger partial charge in [-0.05, 0) is 0 Å². The van der Waals surface area contributed by atoms with Crippen LogP contribution in [0.15, 0.2) is 0 Å². The molecule has 4 heterocycles. The van der Waals surface area contributed by atoms with Crippen molar-refractivity contribution in [2.75, 3.05) is 52.4 Å². The molecule has 4 rings (SSSR count). The van der Waals surface area contributed by atoms with E-state index in [1.54, 1.807) is 0 Å². The standard InChI is InChI=1S/4C5H10N.2ClH.Ni/c4*1-2-4-6-5-3-1;;;/h4*1-5H2;2*1H;/q4*-1;;;+2/p-2. The molecule has 168 valence electrons. The molecule has 4 saturated heterocycles. The number of piperidine rings is 4. The molecule has 0 unspecified atom stereocenters. The Morgan fingerprint density at radius 3 is 0.444 bits per heavy atom. The first kappa shape index (κ1) is 32.6. The summed E-state index contributed by atoms with van der Waals surface area (Å²) in [6.45, 7) is 9.00. The van der Waals surface area contributed by atoms with Gasteiger partial charge in [-0.2, -0.15) is 0 Å². The van der Waals surface area contributed by atoms with Crippen LogP contribution in [0, 0.1) is 0 Å². The predicted octanol–water partition coefficient (Wildman–Crippen LogP) is 0.182. The van der Waals surface area contributed by atoms with Gasteiger partial charge in [-0.15, -0.1) is 52.4 Å². The van der Waals surface area contributed by atoms with E-state index >= 15 is 0 Å². The number of hydrogen-bond acceptors (Lipinski definition) is 0. The van der Waals surface area contributed by atoms with Crippen LogP contribution in [0.4, 0.5) is 0 Å². The van der Waals surface area contributed by atoms with Gasteiger partial charge in [-0.25, -0.2) is 0 Å². The monoisotopic (exact) mass is 464 g/mol. The molecule has 0 aromatic carbocycles. The molecule has 0 N–H and O–H groups in total. The summed E-state index contributed by atoms with van der Waals surface area (Å²) < 4.78 is 0. The Hall–Kier alpha value is 0.914. The van der Waals surface area contributed by atoms with Crippen molar-refractivity contribution in [3.05, 3.63) is 21.3 Å². The Morgan fingerprint density at radius 2 is 0.407 bits per heavy atom. The Balaban J connectivity index is -0.000000274. The topological polar surface area (TPSA) is 56.4 Å². The third-order valence-electron chi connectivity index (χ3n) is 4.53. The maximum Gasteiger partial charge on any atom is 2.00 e. The first-order valence-corrected chi connectivity index (χ1v) is 10.5. The van der Waals surface area contributed by atoms with Crippen LogP contribution in [0.2, 0.25) is 0 Å². The summed E-state index contributed by atoms with van der Waals surface area (Å²) in [5.41, 5.74) is 0. The van der Waals surface area contributed by atoms with Gasteiger partial charge < -0.3 is 46.1 Å². The summed E-state index contributed by atoms with van der Waals surface area (Å²) in [6.07, 6.45) is 16.3. The Kier molecular flexibility index (Phi) is 35.1. The fourth-order valence-electron chi connectivity index (χ4n) is 2.94. The minimum Gasteiger partial charge on any atom is -1.00 e. The van der Waals surface area contributed by atoms with E-state index in [0.29, 0.717) is 0 Å². The summed E-state index contributed by atoms with van der Waals surface area (Å²) in [5, 5.41) is 16.7. The zero-order chi connectivity index (χ0) is 17.0. The van der Waals surface area contributed by atoms with E-state index in [1.165, 1.54) is 77.0 Å². The third kappa shape index (κ3) is 26.9. The van der Waals surface area contributed by atoms with Gasteiger partial charge in [0.1, 0.15) is 0 Å². The van der Waals surface area contributed by atoms with Crippen LogP contribution < -0.4 is 24.8 Å². The van der Waals surface area contributed by atoms with E-state index in [0.717, 1.165) is 52.4 Å². The molecule has 4 aliphatic heterocycles. The maximum absolute atomic E-state index is 4.18. The van der Waals surface area contributed by atoms with Crippen LogP contribution in [0.5, 0.6) is 0 Å². The minimum atomic E-state index is 0. The second kappa shape index (κ2) is 29.1. The largest absolute Gasteiger partial charge is 2.00 e. The van der Waals surface area contributed by atoms with Crippen LogP contribution in [0.25, 0.3) is 21.3 Å². The predicted molar refractivity (Wildman–Crippen MR) is 108 cm³/mol. The first-order valence-electron chi connectivity index (χ1n) is 10.5. The Bertz CT molecular complexity index is 142. The summed E-state index contributed by atoms with van der Waals surface area (Å²) >= 11 is 0.